The zero-order valence-electron chi connectivity index (χ0n) is 9.90. The molecule has 0 saturated heterocycles. The Labute approximate surface area is 96.1 Å². The molecule has 0 aliphatic rings. The number of amides is 2. The van der Waals surface area contributed by atoms with Crippen molar-refractivity contribution in [2.75, 3.05) is 13.6 Å². The number of hydrogen-bond donors (Lipinski definition) is 2. The maximum atomic E-state index is 11.5. The van der Waals surface area contributed by atoms with Crippen molar-refractivity contribution in [1.29, 1.82) is 0 Å². The van der Waals surface area contributed by atoms with Gasteiger partial charge in [0.2, 0.25) is 0 Å². The Bertz CT molecular complexity index is 254. The van der Waals surface area contributed by atoms with Crippen LogP contribution in [0.5, 0.6) is 0 Å². The van der Waals surface area contributed by atoms with E-state index >= 15 is 0 Å². The predicted octanol–water partition coefficient (Wildman–Crippen LogP) is 1.46. The number of carbonyl (C=O) groups excluding carboxylic acids is 1. The molecule has 2 N–H and O–H groups in total. The van der Waals surface area contributed by atoms with Gasteiger partial charge in [-0.3, -0.25) is 0 Å². The first-order valence-corrected chi connectivity index (χ1v) is 5.38. The Balaban J connectivity index is 4.02. The molecule has 1 atom stereocenters. The van der Waals surface area contributed by atoms with Gasteiger partial charge in [-0.25, -0.2) is 9.59 Å². The summed E-state index contributed by atoms with van der Waals surface area (Å²) in [4.78, 5) is 23.7. The van der Waals surface area contributed by atoms with Gasteiger partial charge in [0, 0.05) is 13.6 Å². The molecule has 5 nitrogen and oxygen atoms in total. The SMILES string of the molecule is C=CCCCN(C)C(=O)N[C@H](CC)C(=O)O. The van der Waals surface area contributed by atoms with E-state index in [0.29, 0.717) is 13.0 Å². The molecule has 16 heavy (non-hydrogen) atoms. The topological polar surface area (TPSA) is 69.6 Å². The van der Waals surface area contributed by atoms with Crippen LogP contribution in [0.1, 0.15) is 26.2 Å². The third kappa shape index (κ3) is 5.38. The van der Waals surface area contributed by atoms with Gasteiger partial charge in [0.25, 0.3) is 0 Å². The van der Waals surface area contributed by atoms with E-state index in [0.717, 1.165) is 12.8 Å². The summed E-state index contributed by atoms with van der Waals surface area (Å²) in [5.41, 5.74) is 0. The van der Waals surface area contributed by atoms with E-state index < -0.39 is 12.0 Å². The molecule has 92 valence electrons. The van der Waals surface area contributed by atoms with Crippen LogP contribution in [0.15, 0.2) is 12.7 Å². The zero-order chi connectivity index (χ0) is 12.6. The first-order valence-electron chi connectivity index (χ1n) is 5.38. The summed E-state index contributed by atoms with van der Waals surface area (Å²) in [7, 11) is 1.65. The summed E-state index contributed by atoms with van der Waals surface area (Å²) < 4.78 is 0. The van der Waals surface area contributed by atoms with Crippen molar-refractivity contribution in [1.82, 2.24) is 10.2 Å². The monoisotopic (exact) mass is 228 g/mol. The summed E-state index contributed by atoms with van der Waals surface area (Å²) in [5.74, 6) is -1.00. The van der Waals surface area contributed by atoms with Crippen LogP contribution in [0.25, 0.3) is 0 Å². The van der Waals surface area contributed by atoms with Gasteiger partial charge in [0.05, 0.1) is 0 Å². The van der Waals surface area contributed by atoms with Crippen molar-refractivity contribution in [2.45, 2.75) is 32.2 Å². The van der Waals surface area contributed by atoms with Crippen LogP contribution in [0.4, 0.5) is 4.79 Å². The highest BCUT2D eigenvalue weighted by Crippen LogP contribution is 1.97. The lowest BCUT2D eigenvalue weighted by Crippen LogP contribution is -2.46. The maximum Gasteiger partial charge on any atom is 0.326 e. The van der Waals surface area contributed by atoms with Crippen molar-refractivity contribution >= 4 is 12.0 Å². The quantitative estimate of drug-likeness (QED) is 0.512. The minimum atomic E-state index is -1.00. The molecule has 0 bridgehead atoms. The molecule has 0 aromatic rings. The van der Waals surface area contributed by atoms with Crippen LogP contribution < -0.4 is 5.32 Å². The maximum absolute atomic E-state index is 11.5. The molecule has 0 aromatic heterocycles. The van der Waals surface area contributed by atoms with E-state index in [9.17, 15) is 9.59 Å². The molecule has 0 rings (SSSR count). The Hall–Kier alpha value is -1.52. The summed E-state index contributed by atoms with van der Waals surface area (Å²) in [6, 6.07) is -1.16. The van der Waals surface area contributed by atoms with E-state index in [1.807, 2.05) is 0 Å². The molecular weight excluding hydrogens is 208 g/mol. The van der Waals surface area contributed by atoms with Crippen molar-refractivity contribution in [3.63, 3.8) is 0 Å². The average molecular weight is 228 g/mol. The highest BCUT2D eigenvalue weighted by atomic mass is 16.4. The fraction of sp³-hybridized carbons (Fsp3) is 0.636. The number of hydrogen-bond acceptors (Lipinski definition) is 2. The minimum Gasteiger partial charge on any atom is -0.480 e. The van der Waals surface area contributed by atoms with Crippen LogP contribution in [-0.2, 0) is 4.79 Å². The molecule has 0 aromatic carbocycles. The Morgan fingerprint density at radius 1 is 1.56 bits per heavy atom. The zero-order valence-corrected chi connectivity index (χ0v) is 9.90. The van der Waals surface area contributed by atoms with Gasteiger partial charge in [-0.2, -0.15) is 0 Å². The second-order valence-electron chi connectivity index (χ2n) is 3.60. The normalized spacial score (nSPS) is 11.6. The van der Waals surface area contributed by atoms with Crippen molar-refractivity contribution in [2.24, 2.45) is 0 Å². The van der Waals surface area contributed by atoms with Gasteiger partial charge in [0.1, 0.15) is 6.04 Å². The van der Waals surface area contributed by atoms with Crippen LogP contribution in [0, 0.1) is 0 Å². The summed E-state index contributed by atoms with van der Waals surface area (Å²) >= 11 is 0. The molecule has 0 saturated carbocycles. The van der Waals surface area contributed by atoms with Crippen molar-refractivity contribution in [3.05, 3.63) is 12.7 Å². The van der Waals surface area contributed by atoms with Gasteiger partial charge < -0.3 is 15.3 Å². The van der Waals surface area contributed by atoms with E-state index in [-0.39, 0.29) is 6.03 Å². The molecule has 0 fully saturated rings. The molecule has 0 aliphatic heterocycles. The molecule has 0 spiro atoms. The second kappa shape index (κ2) is 7.73. The lowest BCUT2D eigenvalue weighted by molar-refractivity contribution is -0.139. The lowest BCUT2D eigenvalue weighted by Gasteiger charge is -2.20. The molecule has 2 amide bonds. The van der Waals surface area contributed by atoms with Crippen LogP contribution in [-0.4, -0.2) is 41.6 Å². The van der Waals surface area contributed by atoms with Crippen molar-refractivity contribution in [3.8, 4) is 0 Å². The molecule has 0 heterocycles. The third-order valence-electron chi connectivity index (χ3n) is 2.25. The number of nitrogens with zero attached hydrogens (tertiary/aromatic N) is 1. The van der Waals surface area contributed by atoms with Crippen LogP contribution in [0.3, 0.4) is 0 Å². The van der Waals surface area contributed by atoms with E-state index in [4.69, 9.17) is 5.11 Å². The Morgan fingerprint density at radius 2 is 2.19 bits per heavy atom. The molecule has 0 radical (unpaired) electrons. The smallest absolute Gasteiger partial charge is 0.326 e. The first kappa shape index (κ1) is 14.5. The number of carboxylic acids is 1. The number of nitrogens with one attached hydrogen (secondary N) is 1. The molecule has 0 unspecified atom stereocenters. The predicted molar refractivity (Wildman–Crippen MR) is 62.3 cm³/mol. The largest absolute Gasteiger partial charge is 0.480 e. The number of carboxylic acid groups (broad SMARTS) is 1. The highest BCUT2D eigenvalue weighted by molar-refractivity contribution is 5.82. The minimum absolute atomic E-state index is 0.349. The number of rotatable bonds is 7. The molecular formula is C11H20N2O3. The lowest BCUT2D eigenvalue weighted by atomic mass is 10.2. The molecule has 0 aliphatic carbocycles. The molecule has 5 heteroatoms. The Morgan fingerprint density at radius 3 is 2.62 bits per heavy atom. The Kier molecular flexibility index (Phi) is 7.00. The third-order valence-corrected chi connectivity index (χ3v) is 2.25. The standard InChI is InChI=1S/C11H20N2O3/c1-4-6-7-8-13(3)11(16)12-9(5-2)10(14)15/h4,9H,1,5-8H2,2-3H3,(H,12,16)(H,14,15)/t9-/m1/s1. The van der Waals surface area contributed by atoms with Gasteiger partial charge in [-0.1, -0.05) is 13.0 Å². The van der Waals surface area contributed by atoms with E-state index in [2.05, 4.69) is 11.9 Å². The van der Waals surface area contributed by atoms with Gasteiger partial charge in [-0.05, 0) is 19.3 Å². The summed E-state index contributed by atoms with van der Waals surface area (Å²) in [6.45, 7) is 5.90. The fourth-order valence-electron chi connectivity index (χ4n) is 1.17. The highest BCUT2D eigenvalue weighted by Gasteiger charge is 2.19. The first-order chi connectivity index (χ1) is 7.52. The van der Waals surface area contributed by atoms with E-state index in [1.54, 1.807) is 20.0 Å². The number of aliphatic carboxylic acids is 1. The summed E-state index contributed by atoms with van der Waals surface area (Å²) in [6.07, 6.45) is 3.84. The van der Waals surface area contributed by atoms with Crippen LogP contribution in [0.2, 0.25) is 0 Å². The van der Waals surface area contributed by atoms with Gasteiger partial charge in [0.15, 0.2) is 0 Å². The summed E-state index contributed by atoms with van der Waals surface area (Å²) in [5, 5.41) is 11.2. The van der Waals surface area contributed by atoms with Crippen LogP contribution >= 0.6 is 0 Å². The number of unbranched alkanes of at least 4 members (excludes halogenated alkanes) is 1. The van der Waals surface area contributed by atoms with Gasteiger partial charge >= 0.3 is 12.0 Å². The average Bonchev–Trinajstić information content (AvgIpc) is 2.25. The number of urea groups is 1. The van der Waals surface area contributed by atoms with E-state index in [1.165, 1.54) is 4.90 Å². The van der Waals surface area contributed by atoms with Crippen molar-refractivity contribution < 1.29 is 14.7 Å². The number of carbonyl (C=O) groups is 2. The number of allylic oxidation sites excluding steroid dienone is 1. The van der Waals surface area contributed by atoms with Gasteiger partial charge in [-0.15, -0.1) is 6.58 Å². The second-order valence-corrected chi connectivity index (χ2v) is 3.60. The fourth-order valence-corrected chi connectivity index (χ4v) is 1.17.